The molecule has 1 fully saturated rings. The first-order valence-electron chi connectivity index (χ1n) is 10.0. The zero-order chi connectivity index (χ0) is 19.2. The highest BCUT2D eigenvalue weighted by Gasteiger charge is 2.23. The standard InChI is InChI=1S/C21H30N2O4/c1-3-4-6-20(24)22-7-5-8-23(10-9-22)21(25)15-17-14-19-18(13-16(17)2)26-11-12-27-19/h13-14H,3-12,15H2,1-2H3. The molecule has 0 atom stereocenters. The smallest absolute Gasteiger partial charge is 0.227 e. The number of amides is 2. The van der Waals surface area contributed by atoms with E-state index < -0.39 is 0 Å². The molecule has 6 nitrogen and oxygen atoms in total. The van der Waals surface area contributed by atoms with Gasteiger partial charge >= 0.3 is 0 Å². The molecule has 0 bridgehead atoms. The van der Waals surface area contributed by atoms with E-state index >= 15 is 0 Å². The van der Waals surface area contributed by atoms with Gasteiger partial charge in [0.1, 0.15) is 13.2 Å². The van der Waals surface area contributed by atoms with E-state index in [2.05, 4.69) is 6.92 Å². The molecule has 1 aromatic rings. The van der Waals surface area contributed by atoms with Gasteiger partial charge in [-0.2, -0.15) is 0 Å². The van der Waals surface area contributed by atoms with Gasteiger partial charge in [-0.1, -0.05) is 13.3 Å². The number of hydrogen-bond donors (Lipinski definition) is 0. The van der Waals surface area contributed by atoms with E-state index in [1.807, 2.05) is 28.9 Å². The van der Waals surface area contributed by atoms with E-state index in [0.29, 0.717) is 45.7 Å². The summed E-state index contributed by atoms with van der Waals surface area (Å²) in [4.78, 5) is 28.9. The molecular formula is C21H30N2O4. The van der Waals surface area contributed by atoms with Gasteiger partial charge < -0.3 is 19.3 Å². The van der Waals surface area contributed by atoms with Crippen LogP contribution in [0.4, 0.5) is 0 Å². The van der Waals surface area contributed by atoms with Gasteiger partial charge in [0.15, 0.2) is 11.5 Å². The Kier molecular flexibility index (Phi) is 6.58. The zero-order valence-corrected chi connectivity index (χ0v) is 16.5. The summed E-state index contributed by atoms with van der Waals surface area (Å²) < 4.78 is 11.2. The third-order valence-corrected chi connectivity index (χ3v) is 5.29. The van der Waals surface area contributed by atoms with Crippen LogP contribution >= 0.6 is 0 Å². The first-order valence-corrected chi connectivity index (χ1v) is 10.0. The number of rotatable bonds is 5. The molecule has 1 saturated heterocycles. The number of aryl methyl sites for hydroxylation is 1. The Bertz CT molecular complexity index is 689. The summed E-state index contributed by atoms with van der Waals surface area (Å²) in [5.41, 5.74) is 2.02. The Balaban J connectivity index is 1.59. The van der Waals surface area contributed by atoms with Crippen LogP contribution in [-0.2, 0) is 16.0 Å². The van der Waals surface area contributed by atoms with E-state index in [1.165, 1.54) is 0 Å². The number of fused-ring (bicyclic) bond motifs is 1. The van der Waals surface area contributed by atoms with Gasteiger partial charge in [-0.3, -0.25) is 9.59 Å². The minimum absolute atomic E-state index is 0.109. The van der Waals surface area contributed by atoms with Crippen molar-refractivity contribution in [2.75, 3.05) is 39.4 Å². The van der Waals surface area contributed by atoms with Gasteiger partial charge in [0.2, 0.25) is 11.8 Å². The molecule has 0 aromatic heterocycles. The summed E-state index contributed by atoms with van der Waals surface area (Å²) in [7, 11) is 0. The average molecular weight is 374 g/mol. The van der Waals surface area contributed by atoms with Crippen LogP contribution < -0.4 is 9.47 Å². The predicted molar refractivity (Wildman–Crippen MR) is 103 cm³/mol. The lowest BCUT2D eigenvalue weighted by atomic mass is 10.0. The summed E-state index contributed by atoms with van der Waals surface area (Å²) in [6.07, 6.45) is 3.76. The quantitative estimate of drug-likeness (QED) is 0.795. The molecule has 2 aliphatic rings. The fraction of sp³-hybridized carbons (Fsp3) is 0.619. The monoisotopic (exact) mass is 374 g/mol. The minimum Gasteiger partial charge on any atom is -0.486 e. The first kappa shape index (κ1) is 19.5. The van der Waals surface area contributed by atoms with Crippen LogP contribution in [0.2, 0.25) is 0 Å². The minimum atomic E-state index is 0.109. The second-order valence-electron chi connectivity index (χ2n) is 7.32. The summed E-state index contributed by atoms with van der Waals surface area (Å²) in [6, 6.07) is 3.88. The van der Waals surface area contributed by atoms with Crippen molar-refractivity contribution >= 4 is 11.8 Å². The Hall–Kier alpha value is -2.24. The molecule has 0 aliphatic carbocycles. The second-order valence-corrected chi connectivity index (χ2v) is 7.32. The lowest BCUT2D eigenvalue weighted by Gasteiger charge is -2.23. The number of hydrogen-bond acceptors (Lipinski definition) is 4. The number of nitrogens with zero attached hydrogens (tertiary/aromatic N) is 2. The van der Waals surface area contributed by atoms with Crippen molar-refractivity contribution in [3.05, 3.63) is 23.3 Å². The molecule has 0 spiro atoms. The third-order valence-electron chi connectivity index (χ3n) is 5.29. The van der Waals surface area contributed by atoms with Crippen molar-refractivity contribution in [1.82, 2.24) is 9.80 Å². The van der Waals surface area contributed by atoms with Crippen LogP contribution in [0.1, 0.15) is 43.7 Å². The summed E-state index contributed by atoms with van der Waals surface area (Å²) in [6.45, 7) is 7.89. The fourth-order valence-electron chi connectivity index (χ4n) is 3.60. The molecule has 0 radical (unpaired) electrons. The summed E-state index contributed by atoms with van der Waals surface area (Å²) in [5.74, 6) is 1.80. The molecule has 148 valence electrons. The van der Waals surface area contributed by atoms with Crippen LogP contribution in [0.25, 0.3) is 0 Å². The first-order chi connectivity index (χ1) is 13.1. The zero-order valence-electron chi connectivity index (χ0n) is 16.5. The van der Waals surface area contributed by atoms with E-state index in [9.17, 15) is 9.59 Å². The van der Waals surface area contributed by atoms with E-state index in [4.69, 9.17) is 9.47 Å². The van der Waals surface area contributed by atoms with Crippen LogP contribution in [0.3, 0.4) is 0 Å². The summed E-state index contributed by atoms with van der Waals surface area (Å²) in [5, 5.41) is 0. The number of carbonyl (C=O) groups is 2. The van der Waals surface area contributed by atoms with Crippen molar-refractivity contribution < 1.29 is 19.1 Å². The molecule has 1 aromatic carbocycles. The van der Waals surface area contributed by atoms with Gasteiger partial charge in [-0.05, 0) is 43.0 Å². The number of benzene rings is 1. The fourth-order valence-corrected chi connectivity index (χ4v) is 3.60. The second kappa shape index (κ2) is 9.11. The van der Waals surface area contributed by atoms with E-state index in [-0.39, 0.29) is 11.8 Å². The van der Waals surface area contributed by atoms with Crippen molar-refractivity contribution in [3.8, 4) is 11.5 Å². The number of unbranched alkanes of at least 4 members (excludes halogenated alkanes) is 1. The van der Waals surface area contributed by atoms with Crippen LogP contribution in [0.15, 0.2) is 12.1 Å². The Labute approximate surface area is 161 Å². The topological polar surface area (TPSA) is 59.1 Å². The van der Waals surface area contributed by atoms with Crippen LogP contribution in [-0.4, -0.2) is 61.0 Å². The number of carbonyl (C=O) groups excluding carboxylic acids is 2. The maximum atomic E-state index is 12.8. The van der Waals surface area contributed by atoms with Gasteiger partial charge in [0.05, 0.1) is 6.42 Å². The maximum absolute atomic E-state index is 12.8. The highest BCUT2D eigenvalue weighted by atomic mass is 16.6. The van der Waals surface area contributed by atoms with Gasteiger partial charge in [-0.15, -0.1) is 0 Å². The molecule has 0 saturated carbocycles. The Morgan fingerprint density at radius 1 is 0.963 bits per heavy atom. The average Bonchev–Trinajstić information content (AvgIpc) is 2.93. The van der Waals surface area contributed by atoms with Gasteiger partial charge in [-0.25, -0.2) is 0 Å². The molecule has 0 N–H and O–H groups in total. The molecule has 3 rings (SSSR count). The molecule has 2 amide bonds. The van der Waals surface area contributed by atoms with E-state index in [1.54, 1.807) is 0 Å². The number of ether oxygens (including phenoxy) is 2. The highest BCUT2D eigenvalue weighted by Crippen LogP contribution is 2.33. The molecule has 2 aliphatic heterocycles. The largest absolute Gasteiger partial charge is 0.486 e. The SMILES string of the molecule is CCCCC(=O)N1CCCN(C(=O)Cc2cc3c(cc2C)OCCO3)CC1. The molecular weight excluding hydrogens is 344 g/mol. The normalized spacial score (nSPS) is 16.8. The van der Waals surface area contributed by atoms with Gasteiger partial charge in [0, 0.05) is 32.6 Å². The summed E-state index contributed by atoms with van der Waals surface area (Å²) >= 11 is 0. The Morgan fingerprint density at radius 2 is 1.59 bits per heavy atom. The van der Waals surface area contributed by atoms with Gasteiger partial charge in [0.25, 0.3) is 0 Å². The van der Waals surface area contributed by atoms with Crippen molar-refractivity contribution in [2.24, 2.45) is 0 Å². The van der Waals surface area contributed by atoms with Crippen molar-refractivity contribution in [2.45, 2.75) is 46.0 Å². The maximum Gasteiger partial charge on any atom is 0.227 e. The molecule has 6 heteroatoms. The lowest BCUT2D eigenvalue weighted by molar-refractivity contribution is -0.133. The molecule has 0 unspecified atom stereocenters. The van der Waals surface area contributed by atoms with Crippen molar-refractivity contribution in [1.29, 1.82) is 0 Å². The lowest BCUT2D eigenvalue weighted by Crippen LogP contribution is -2.38. The van der Waals surface area contributed by atoms with Crippen LogP contribution in [0.5, 0.6) is 11.5 Å². The molecule has 2 heterocycles. The van der Waals surface area contributed by atoms with E-state index in [0.717, 1.165) is 48.4 Å². The third kappa shape index (κ3) is 4.93. The Morgan fingerprint density at radius 3 is 2.26 bits per heavy atom. The highest BCUT2D eigenvalue weighted by molar-refractivity contribution is 5.80. The molecule has 27 heavy (non-hydrogen) atoms. The predicted octanol–water partition coefficient (Wildman–Crippen LogP) is 2.56. The van der Waals surface area contributed by atoms with Crippen molar-refractivity contribution in [3.63, 3.8) is 0 Å². The van der Waals surface area contributed by atoms with Crippen LogP contribution in [0, 0.1) is 6.92 Å².